The van der Waals surface area contributed by atoms with Crippen molar-refractivity contribution >= 4 is 74.5 Å². The number of para-hydroxylation sites is 1. The van der Waals surface area contributed by atoms with Crippen molar-refractivity contribution in [3.8, 4) is 0 Å². The van der Waals surface area contributed by atoms with E-state index in [1.165, 1.54) is 11.8 Å². The van der Waals surface area contributed by atoms with Gasteiger partial charge in [-0.05, 0) is 47.7 Å². The quantitative estimate of drug-likeness (QED) is 0.543. The van der Waals surface area contributed by atoms with Gasteiger partial charge in [-0.15, -0.1) is 0 Å². The Balaban J connectivity index is 1.46. The number of amidine groups is 1. The van der Waals surface area contributed by atoms with Gasteiger partial charge in [-0.1, -0.05) is 35.3 Å². The van der Waals surface area contributed by atoms with Crippen LogP contribution in [0.5, 0.6) is 0 Å². The van der Waals surface area contributed by atoms with Crippen LogP contribution in [0.15, 0.2) is 52.6 Å². The predicted molar refractivity (Wildman–Crippen MR) is 130 cm³/mol. The van der Waals surface area contributed by atoms with Crippen molar-refractivity contribution in [1.29, 1.82) is 0 Å². The van der Waals surface area contributed by atoms with E-state index in [2.05, 4.69) is 25.2 Å². The van der Waals surface area contributed by atoms with Crippen LogP contribution < -0.4 is 10.2 Å². The molecule has 2 fully saturated rings. The molecule has 32 heavy (non-hydrogen) atoms. The van der Waals surface area contributed by atoms with E-state index in [1.807, 2.05) is 24.3 Å². The van der Waals surface area contributed by atoms with Gasteiger partial charge in [0.1, 0.15) is 17.8 Å². The molecule has 0 bridgehead atoms. The number of benzene rings is 2. The van der Waals surface area contributed by atoms with Gasteiger partial charge in [-0.2, -0.15) is 0 Å². The Kier molecular flexibility index (Phi) is 6.01. The molecule has 3 heterocycles. The predicted octanol–water partition coefficient (Wildman–Crippen LogP) is 4.66. The molecule has 2 aromatic carbocycles. The molecule has 2 aliphatic heterocycles. The Morgan fingerprint density at radius 3 is 2.69 bits per heavy atom. The van der Waals surface area contributed by atoms with E-state index in [0.717, 1.165) is 35.4 Å². The lowest BCUT2D eigenvalue weighted by atomic mass is 10.1. The van der Waals surface area contributed by atoms with E-state index in [-0.39, 0.29) is 5.91 Å². The van der Waals surface area contributed by atoms with E-state index in [4.69, 9.17) is 27.9 Å². The molecule has 1 amide bonds. The second-order valence-corrected chi connectivity index (χ2v) is 8.97. The summed E-state index contributed by atoms with van der Waals surface area (Å²) in [4.78, 5) is 28.6. The lowest BCUT2D eigenvalue weighted by Crippen LogP contribution is -2.36. The largest absolute Gasteiger partial charge is 0.378 e. The molecule has 10 heteroatoms. The normalized spacial score (nSPS) is 19.2. The van der Waals surface area contributed by atoms with Crippen LogP contribution in [-0.4, -0.2) is 47.3 Å². The molecule has 0 aliphatic carbocycles. The fourth-order valence-electron chi connectivity index (χ4n) is 3.51. The van der Waals surface area contributed by atoms with Crippen molar-refractivity contribution in [3.63, 3.8) is 0 Å². The number of carbonyl (C=O) groups excluding carboxylic acids is 1. The summed E-state index contributed by atoms with van der Waals surface area (Å²) in [6.07, 6.45) is 3.40. The molecule has 2 saturated heterocycles. The molecule has 7 nitrogen and oxygen atoms in total. The number of halogens is 2. The molecule has 0 atom stereocenters. The zero-order valence-corrected chi connectivity index (χ0v) is 19.0. The molecule has 2 aliphatic rings. The smallest absolute Gasteiger partial charge is 0.264 e. The number of hydrogen-bond donors (Lipinski definition) is 1. The number of rotatable bonds is 3. The number of aromatic nitrogens is 2. The van der Waals surface area contributed by atoms with Gasteiger partial charge >= 0.3 is 0 Å². The summed E-state index contributed by atoms with van der Waals surface area (Å²) in [5, 5.41) is 4.97. The standard InChI is InChI=1S/C22H17Cl2N5O2S/c23-15-2-1-3-16(24)19(15)27-22-28-21(30)18(32-22)11-13-4-5-17-14(10-13)20(26-12-25-17)29-6-8-31-9-7-29/h1-5,10-12H,6-9H2,(H,27,28,30)/b18-11-. The molecule has 162 valence electrons. The summed E-state index contributed by atoms with van der Waals surface area (Å²) in [7, 11) is 0. The number of carbonyl (C=O) groups is 1. The Labute approximate surface area is 198 Å². The maximum absolute atomic E-state index is 12.5. The van der Waals surface area contributed by atoms with Crippen LogP contribution >= 0.6 is 35.0 Å². The van der Waals surface area contributed by atoms with Crippen molar-refractivity contribution in [3.05, 3.63) is 63.2 Å². The Bertz CT molecular complexity index is 1250. The molecular weight excluding hydrogens is 469 g/mol. The van der Waals surface area contributed by atoms with Crippen LogP contribution in [0.1, 0.15) is 5.56 Å². The van der Waals surface area contributed by atoms with Crippen LogP contribution in [0.25, 0.3) is 17.0 Å². The Morgan fingerprint density at radius 1 is 1.12 bits per heavy atom. The average molecular weight is 486 g/mol. The summed E-state index contributed by atoms with van der Waals surface area (Å²) in [5.74, 6) is 0.646. The number of aliphatic imine (C=N–C) groups is 1. The third-order valence-electron chi connectivity index (χ3n) is 5.05. The summed E-state index contributed by atoms with van der Waals surface area (Å²) in [5.41, 5.74) is 2.15. The molecular formula is C22H17Cl2N5O2S. The SMILES string of the molecule is O=C1NC(=Nc2c(Cl)cccc2Cl)S/C1=C\c1ccc2ncnc(N3CCOCC3)c2c1. The van der Waals surface area contributed by atoms with E-state index >= 15 is 0 Å². The first-order chi connectivity index (χ1) is 15.6. The third-order valence-corrected chi connectivity index (χ3v) is 6.57. The molecule has 5 rings (SSSR count). The van der Waals surface area contributed by atoms with Gasteiger partial charge in [0.15, 0.2) is 5.17 Å². The minimum Gasteiger partial charge on any atom is -0.378 e. The van der Waals surface area contributed by atoms with Crippen LogP contribution in [0, 0.1) is 0 Å². The van der Waals surface area contributed by atoms with Gasteiger partial charge < -0.3 is 15.0 Å². The maximum atomic E-state index is 12.5. The van der Waals surface area contributed by atoms with Crippen molar-refractivity contribution in [1.82, 2.24) is 15.3 Å². The van der Waals surface area contributed by atoms with E-state index in [1.54, 1.807) is 24.5 Å². The molecule has 0 spiro atoms. The molecule has 0 radical (unpaired) electrons. The Hall–Kier alpha value is -2.65. The minimum absolute atomic E-state index is 0.227. The number of nitrogens with zero attached hydrogens (tertiary/aromatic N) is 4. The summed E-state index contributed by atoms with van der Waals surface area (Å²) < 4.78 is 5.46. The second-order valence-electron chi connectivity index (χ2n) is 7.13. The van der Waals surface area contributed by atoms with E-state index in [9.17, 15) is 4.79 Å². The van der Waals surface area contributed by atoms with Gasteiger partial charge in [0.25, 0.3) is 5.91 Å². The molecule has 3 aromatic rings. The van der Waals surface area contributed by atoms with Gasteiger partial charge in [0, 0.05) is 18.5 Å². The fraction of sp³-hybridized carbons (Fsp3) is 0.182. The highest BCUT2D eigenvalue weighted by Gasteiger charge is 2.25. The Morgan fingerprint density at radius 2 is 1.91 bits per heavy atom. The van der Waals surface area contributed by atoms with Gasteiger partial charge in [-0.3, -0.25) is 4.79 Å². The summed E-state index contributed by atoms with van der Waals surface area (Å²) in [6, 6.07) is 11.0. The molecule has 0 unspecified atom stereocenters. The summed E-state index contributed by atoms with van der Waals surface area (Å²) in [6.45, 7) is 2.90. The van der Waals surface area contributed by atoms with Crippen molar-refractivity contribution in [2.24, 2.45) is 4.99 Å². The van der Waals surface area contributed by atoms with Gasteiger partial charge in [-0.25, -0.2) is 15.0 Å². The van der Waals surface area contributed by atoms with Crippen LogP contribution in [-0.2, 0) is 9.53 Å². The van der Waals surface area contributed by atoms with Gasteiger partial charge in [0.2, 0.25) is 0 Å². The zero-order chi connectivity index (χ0) is 22.1. The number of hydrogen-bond acceptors (Lipinski definition) is 7. The van der Waals surface area contributed by atoms with Crippen LogP contribution in [0.3, 0.4) is 0 Å². The van der Waals surface area contributed by atoms with Gasteiger partial charge in [0.05, 0.1) is 33.7 Å². The number of ether oxygens (including phenoxy) is 1. The number of amides is 1. The highest BCUT2D eigenvalue weighted by Crippen LogP contribution is 2.36. The fourth-order valence-corrected chi connectivity index (χ4v) is 4.82. The van der Waals surface area contributed by atoms with Crippen molar-refractivity contribution in [2.75, 3.05) is 31.2 Å². The van der Waals surface area contributed by atoms with E-state index in [0.29, 0.717) is 39.0 Å². The van der Waals surface area contributed by atoms with Crippen LogP contribution in [0.4, 0.5) is 11.5 Å². The summed E-state index contributed by atoms with van der Waals surface area (Å²) >= 11 is 13.6. The van der Waals surface area contributed by atoms with Crippen molar-refractivity contribution in [2.45, 2.75) is 0 Å². The molecule has 1 N–H and O–H groups in total. The number of nitrogens with one attached hydrogen (secondary N) is 1. The topological polar surface area (TPSA) is 79.7 Å². The van der Waals surface area contributed by atoms with Crippen molar-refractivity contribution < 1.29 is 9.53 Å². The minimum atomic E-state index is -0.227. The monoisotopic (exact) mass is 485 g/mol. The molecule has 1 aromatic heterocycles. The zero-order valence-electron chi connectivity index (χ0n) is 16.7. The first-order valence-electron chi connectivity index (χ1n) is 9.89. The third kappa shape index (κ3) is 4.31. The lowest BCUT2D eigenvalue weighted by Gasteiger charge is -2.28. The van der Waals surface area contributed by atoms with Crippen LogP contribution in [0.2, 0.25) is 10.0 Å². The average Bonchev–Trinajstić information content (AvgIpc) is 3.15. The second kappa shape index (κ2) is 9.07. The highest BCUT2D eigenvalue weighted by molar-refractivity contribution is 8.18. The first-order valence-corrected chi connectivity index (χ1v) is 11.5. The number of anilines is 1. The number of thioether (sulfide) groups is 1. The number of morpholine rings is 1. The first kappa shape index (κ1) is 21.2. The highest BCUT2D eigenvalue weighted by atomic mass is 35.5. The molecule has 0 saturated carbocycles. The number of fused-ring (bicyclic) bond motifs is 1. The maximum Gasteiger partial charge on any atom is 0.264 e. The lowest BCUT2D eigenvalue weighted by molar-refractivity contribution is -0.115. The van der Waals surface area contributed by atoms with E-state index < -0.39 is 0 Å².